The number of benzene rings is 1. The summed E-state index contributed by atoms with van der Waals surface area (Å²) in [5.74, 6) is 1.06. The molecule has 4 aromatic rings. The molecule has 1 saturated heterocycles. The SMILES string of the molecule is C[C@@H](Cn1cnnn1)Oc1cc(-c2cnc(Nc3cn(C4CCC(N(C)[C@@H]5CCCCOC5)CC4)nc3OCCOCC(F)F)nc2)ccc1C#N. The third-order valence-corrected chi connectivity index (χ3v) is 9.48. The van der Waals surface area contributed by atoms with Crippen LogP contribution in [0.5, 0.6) is 11.6 Å². The van der Waals surface area contributed by atoms with Crippen molar-refractivity contribution in [3.63, 3.8) is 0 Å². The summed E-state index contributed by atoms with van der Waals surface area (Å²) in [6, 6.07) is 8.58. The number of hydrogen-bond acceptors (Lipinski definition) is 13. The third kappa shape index (κ3) is 9.96. The smallest absolute Gasteiger partial charge is 0.261 e. The summed E-state index contributed by atoms with van der Waals surface area (Å²) in [7, 11) is 2.22. The molecular weight excluding hydrogens is 676 g/mol. The van der Waals surface area contributed by atoms with Crippen LogP contribution >= 0.6 is 0 Å². The number of tetrazole rings is 1. The fourth-order valence-corrected chi connectivity index (χ4v) is 6.70. The minimum atomic E-state index is -2.55. The van der Waals surface area contributed by atoms with Crippen molar-refractivity contribution in [3.8, 4) is 28.8 Å². The quantitative estimate of drug-likeness (QED) is 0.153. The summed E-state index contributed by atoms with van der Waals surface area (Å²) in [5.41, 5.74) is 2.43. The first-order valence-electron chi connectivity index (χ1n) is 17.7. The third-order valence-electron chi connectivity index (χ3n) is 9.48. The Bertz CT molecular complexity index is 1720. The van der Waals surface area contributed by atoms with E-state index in [1.54, 1.807) is 29.2 Å². The Morgan fingerprint density at radius 1 is 1.08 bits per heavy atom. The van der Waals surface area contributed by atoms with Gasteiger partial charge >= 0.3 is 0 Å². The number of likely N-dealkylation sites (N-methyl/N-ethyl adjacent to an activating group) is 1. The Morgan fingerprint density at radius 2 is 1.90 bits per heavy atom. The van der Waals surface area contributed by atoms with Crippen molar-refractivity contribution in [2.75, 3.05) is 45.4 Å². The molecule has 1 aromatic carbocycles. The van der Waals surface area contributed by atoms with Gasteiger partial charge in [-0.25, -0.2) is 23.4 Å². The molecule has 0 radical (unpaired) electrons. The fourth-order valence-electron chi connectivity index (χ4n) is 6.70. The molecule has 2 fully saturated rings. The highest BCUT2D eigenvalue weighted by molar-refractivity contribution is 5.67. The van der Waals surface area contributed by atoms with Crippen molar-refractivity contribution in [1.82, 2.24) is 44.9 Å². The number of ether oxygens (including phenoxy) is 4. The minimum absolute atomic E-state index is 0.00309. The maximum Gasteiger partial charge on any atom is 0.261 e. The van der Waals surface area contributed by atoms with Crippen LogP contribution in [0, 0.1) is 11.3 Å². The highest BCUT2D eigenvalue weighted by atomic mass is 19.3. The van der Waals surface area contributed by atoms with Crippen LogP contribution in [0.2, 0.25) is 0 Å². The second-order valence-corrected chi connectivity index (χ2v) is 13.2. The standard InChI is InChI=1S/C35H45F2N11O4/c1-24(19-47-23-41-44-45-47)52-32-15-25(6-7-26(32)16-38)27-17-39-35(40-18-27)42-31-20-48(43-34(31)51-14-13-50-22-33(36)37)29-10-8-28(9-11-29)46(2)30-5-3-4-12-49-21-30/h6-7,15,17-18,20,23-24,28-30,33H,3-5,8-14,19,21-22H2,1-2H3,(H,39,40,42)/t24-,28?,29?,30+/m0/s1. The molecule has 52 heavy (non-hydrogen) atoms. The number of rotatable bonds is 16. The number of anilines is 2. The van der Waals surface area contributed by atoms with Gasteiger partial charge in [-0.1, -0.05) is 6.07 Å². The lowest BCUT2D eigenvalue weighted by Gasteiger charge is -2.38. The maximum absolute atomic E-state index is 12.6. The van der Waals surface area contributed by atoms with Crippen LogP contribution in [0.4, 0.5) is 20.4 Å². The molecule has 3 aromatic heterocycles. The van der Waals surface area contributed by atoms with E-state index < -0.39 is 13.0 Å². The molecular formula is C35H45F2N11O4. The van der Waals surface area contributed by atoms with E-state index in [1.807, 2.05) is 23.9 Å². The Hall–Kier alpha value is -4.79. The molecule has 0 bridgehead atoms. The number of nitrogens with one attached hydrogen (secondary N) is 1. The molecule has 1 aliphatic carbocycles. The Labute approximate surface area is 301 Å². The van der Waals surface area contributed by atoms with Gasteiger partial charge in [-0.3, -0.25) is 9.58 Å². The van der Waals surface area contributed by atoms with Crippen LogP contribution in [0.15, 0.2) is 43.1 Å². The predicted molar refractivity (Wildman–Crippen MR) is 185 cm³/mol. The second kappa shape index (κ2) is 18.1. The van der Waals surface area contributed by atoms with Gasteiger partial charge in [0.2, 0.25) is 5.95 Å². The van der Waals surface area contributed by atoms with E-state index in [0.717, 1.165) is 50.9 Å². The Morgan fingerprint density at radius 3 is 2.65 bits per heavy atom. The van der Waals surface area contributed by atoms with Gasteiger partial charge in [-0.05, 0) is 87.0 Å². The fraction of sp³-hybridized carbons (Fsp3) is 0.571. The van der Waals surface area contributed by atoms with Crippen molar-refractivity contribution in [3.05, 3.63) is 48.7 Å². The van der Waals surface area contributed by atoms with Gasteiger partial charge < -0.3 is 24.3 Å². The van der Waals surface area contributed by atoms with Crippen LogP contribution in [-0.2, 0) is 16.0 Å². The molecule has 0 unspecified atom stereocenters. The van der Waals surface area contributed by atoms with Crippen LogP contribution in [0.3, 0.4) is 0 Å². The van der Waals surface area contributed by atoms with Gasteiger partial charge in [0, 0.05) is 36.6 Å². The van der Waals surface area contributed by atoms with E-state index in [-0.39, 0.29) is 25.4 Å². The van der Waals surface area contributed by atoms with E-state index in [0.29, 0.717) is 53.0 Å². The molecule has 1 saturated carbocycles. The zero-order chi connectivity index (χ0) is 36.3. The van der Waals surface area contributed by atoms with Crippen LogP contribution < -0.4 is 14.8 Å². The zero-order valence-corrected chi connectivity index (χ0v) is 29.5. The molecule has 2 atom stereocenters. The van der Waals surface area contributed by atoms with E-state index in [4.69, 9.17) is 24.0 Å². The topological polar surface area (TPSA) is 163 Å². The molecule has 0 amide bonds. The summed E-state index contributed by atoms with van der Waals surface area (Å²) in [6.07, 6.45) is 11.4. The molecule has 278 valence electrons. The van der Waals surface area contributed by atoms with Gasteiger partial charge in [-0.2, -0.15) is 5.26 Å². The van der Waals surface area contributed by atoms with Crippen molar-refractivity contribution in [2.24, 2.45) is 0 Å². The molecule has 15 nitrogen and oxygen atoms in total. The summed E-state index contributed by atoms with van der Waals surface area (Å²) in [5, 5.41) is 28.8. The van der Waals surface area contributed by atoms with E-state index >= 15 is 0 Å². The zero-order valence-electron chi connectivity index (χ0n) is 29.5. The van der Waals surface area contributed by atoms with Crippen LogP contribution in [0.1, 0.15) is 63.5 Å². The second-order valence-electron chi connectivity index (χ2n) is 13.2. The van der Waals surface area contributed by atoms with Crippen molar-refractivity contribution >= 4 is 11.6 Å². The number of aromatic nitrogens is 8. The van der Waals surface area contributed by atoms with E-state index in [2.05, 4.69) is 48.8 Å². The maximum atomic E-state index is 12.6. The lowest BCUT2D eigenvalue weighted by atomic mass is 9.89. The van der Waals surface area contributed by atoms with Gasteiger partial charge in [0.25, 0.3) is 12.3 Å². The summed E-state index contributed by atoms with van der Waals surface area (Å²) >= 11 is 0. The first kappa shape index (κ1) is 37.0. The number of halogens is 2. The van der Waals surface area contributed by atoms with Crippen molar-refractivity contribution < 1.29 is 27.7 Å². The van der Waals surface area contributed by atoms with Crippen molar-refractivity contribution in [2.45, 2.75) is 89.1 Å². The average molecular weight is 722 g/mol. The van der Waals surface area contributed by atoms with Crippen LogP contribution in [0.25, 0.3) is 11.1 Å². The first-order valence-corrected chi connectivity index (χ1v) is 17.7. The lowest BCUT2D eigenvalue weighted by molar-refractivity contribution is 0.00717. The molecule has 1 N–H and O–H groups in total. The number of nitriles is 1. The van der Waals surface area contributed by atoms with Crippen molar-refractivity contribution in [1.29, 1.82) is 5.26 Å². The van der Waals surface area contributed by atoms with Gasteiger partial charge in [-0.15, -0.1) is 10.2 Å². The highest BCUT2D eigenvalue weighted by Crippen LogP contribution is 2.35. The number of hydrogen-bond donors (Lipinski definition) is 1. The molecule has 1 aliphatic heterocycles. The molecule has 17 heteroatoms. The monoisotopic (exact) mass is 721 g/mol. The van der Waals surface area contributed by atoms with Crippen LogP contribution in [-0.4, -0.2) is 110 Å². The normalized spacial score (nSPS) is 20.0. The molecule has 6 rings (SSSR count). The molecule has 4 heterocycles. The Kier molecular flexibility index (Phi) is 12.9. The first-order chi connectivity index (χ1) is 25.4. The van der Waals surface area contributed by atoms with E-state index in [9.17, 15) is 14.0 Å². The minimum Gasteiger partial charge on any atom is -0.487 e. The summed E-state index contributed by atoms with van der Waals surface area (Å²) in [4.78, 5) is 11.6. The largest absolute Gasteiger partial charge is 0.487 e. The van der Waals surface area contributed by atoms with Gasteiger partial charge in [0.1, 0.15) is 43.2 Å². The lowest BCUT2D eigenvalue weighted by Crippen LogP contribution is -2.44. The van der Waals surface area contributed by atoms with Gasteiger partial charge in [0.05, 0.1) is 37.6 Å². The predicted octanol–water partition coefficient (Wildman–Crippen LogP) is 5.05. The molecule has 0 spiro atoms. The Balaban J connectivity index is 1.12. The number of nitrogens with zero attached hydrogens (tertiary/aromatic N) is 10. The van der Waals surface area contributed by atoms with Gasteiger partial charge in [0.15, 0.2) is 0 Å². The van der Waals surface area contributed by atoms with E-state index in [1.165, 1.54) is 19.2 Å². The number of alkyl halides is 2. The highest BCUT2D eigenvalue weighted by Gasteiger charge is 2.30. The summed E-state index contributed by atoms with van der Waals surface area (Å²) in [6.45, 7) is 3.32. The summed E-state index contributed by atoms with van der Waals surface area (Å²) < 4.78 is 51.5. The average Bonchev–Trinajstić information content (AvgIpc) is 3.72. The molecule has 2 aliphatic rings.